The van der Waals surface area contributed by atoms with E-state index in [1.165, 1.54) is 25.5 Å². The molecule has 0 saturated heterocycles. The molecule has 1 saturated carbocycles. The van der Waals surface area contributed by atoms with Crippen LogP contribution in [0.15, 0.2) is 34.9 Å². The number of aldehydes is 1. The summed E-state index contributed by atoms with van der Waals surface area (Å²) in [6, 6.07) is 6.52. The first-order valence-electron chi connectivity index (χ1n) is 9.63. The number of hydrogen-bond acceptors (Lipinski definition) is 4. The number of ether oxygens (including phenoxy) is 1. The van der Waals surface area contributed by atoms with Crippen molar-refractivity contribution in [2.45, 2.75) is 64.9 Å². The average molecular weight is 473 g/mol. The van der Waals surface area contributed by atoms with Gasteiger partial charge in [-0.3, -0.25) is 4.79 Å². The van der Waals surface area contributed by atoms with Crippen molar-refractivity contribution in [1.29, 1.82) is 0 Å². The zero-order valence-corrected chi connectivity index (χ0v) is 20.2. The van der Waals surface area contributed by atoms with Crippen molar-refractivity contribution in [3.63, 3.8) is 0 Å². The lowest BCUT2D eigenvalue weighted by Crippen LogP contribution is -2.17. The highest BCUT2D eigenvalue weighted by molar-refractivity contribution is 9.09. The molecule has 0 aliphatic heterocycles. The molecule has 0 radical (unpaired) electrons. The molecule has 1 fully saturated rings. The van der Waals surface area contributed by atoms with Crippen LogP contribution in [0.2, 0.25) is 0 Å². The van der Waals surface area contributed by atoms with E-state index in [2.05, 4.69) is 22.9 Å². The molecular weight excluding hydrogens is 440 g/mol. The Hall–Kier alpha value is -1.14. The molecule has 0 bridgehead atoms. The molecular formula is C22H33BrO4S. The summed E-state index contributed by atoms with van der Waals surface area (Å²) in [5.74, 6) is 1.34. The zero-order chi connectivity index (χ0) is 21.5. The maximum atomic E-state index is 11.6. The summed E-state index contributed by atoms with van der Waals surface area (Å²) in [5, 5.41) is 0.606. The summed E-state index contributed by atoms with van der Waals surface area (Å²) in [5.41, 5.74) is 1.18. The highest BCUT2D eigenvalue weighted by atomic mass is 79.9. The Kier molecular flexibility index (Phi) is 9.41. The van der Waals surface area contributed by atoms with Gasteiger partial charge in [-0.1, -0.05) is 75.0 Å². The zero-order valence-electron chi connectivity index (χ0n) is 17.8. The number of carbonyl (C=O) groups excluding carboxylic acids is 1. The summed E-state index contributed by atoms with van der Waals surface area (Å²) in [7, 11) is -3.25. The van der Waals surface area contributed by atoms with Gasteiger partial charge in [-0.25, -0.2) is 8.42 Å². The van der Waals surface area contributed by atoms with E-state index >= 15 is 0 Å². The van der Waals surface area contributed by atoms with Crippen LogP contribution in [-0.4, -0.2) is 32.4 Å². The smallest absolute Gasteiger partial charge is 0.185 e. The predicted molar refractivity (Wildman–Crippen MR) is 119 cm³/mol. The van der Waals surface area contributed by atoms with Crippen molar-refractivity contribution in [2.24, 2.45) is 11.3 Å². The van der Waals surface area contributed by atoms with Crippen molar-refractivity contribution in [3.8, 4) is 0 Å². The van der Waals surface area contributed by atoms with Crippen molar-refractivity contribution in [3.05, 3.63) is 35.6 Å². The van der Waals surface area contributed by atoms with Gasteiger partial charge in [0.2, 0.25) is 0 Å². The molecule has 6 heteroatoms. The number of halogens is 1. The third kappa shape index (κ3) is 7.70. The van der Waals surface area contributed by atoms with Crippen LogP contribution >= 0.6 is 15.9 Å². The van der Waals surface area contributed by atoms with Gasteiger partial charge < -0.3 is 4.74 Å². The van der Waals surface area contributed by atoms with E-state index in [1.807, 2.05) is 27.7 Å². The van der Waals surface area contributed by atoms with Gasteiger partial charge in [-0.2, -0.15) is 0 Å². The van der Waals surface area contributed by atoms with E-state index in [4.69, 9.17) is 4.74 Å². The Morgan fingerprint density at radius 3 is 2.04 bits per heavy atom. The lowest BCUT2D eigenvalue weighted by Gasteiger charge is -2.26. The summed E-state index contributed by atoms with van der Waals surface area (Å²) >= 11 is 3.33. The Labute approximate surface area is 178 Å². The molecule has 4 nitrogen and oxygen atoms in total. The molecule has 158 valence electrons. The van der Waals surface area contributed by atoms with Crippen LogP contribution in [0.25, 0.3) is 5.57 Å². The van der Waals surface area contributed by atoms with E-state index in [-0.39, 0.29) is 22.2 Å². The van der Waals surface area contributed by atoms with Gasteiger partial charge in [0.05, 0.1) is 4.90 Å². The first-order chi connectivity index (χ1) is 12.9. The quantitative estimate of drug-likeness (QED) is 0.232. The minimum Gasteiger partial charge on any atom is -0.486 e. The molecule has 1 unspecified atom stereocenters. The molecule has 28 heavy (non-hydrogen) atoms. The van der Waals surface area contributed by atoms with Crippen molar-refractivity contribution in [1.82, 2.24) is 0 Å². The molecule has 0 aromatic heterocycles. The molecule has 1 atom stereocenters. The number of hydrogen-bond donors (Lipinski definition) is 0. The number of benzene rings is 1. The van der Waals surface area contributed by atoms with Crippen LogP contribution < -0.4 is 0 Å². The lowest BCUT2D eigenvalue weighted by atomic mass is 9.81. The standard InChI is InChI=1S/C17H23BrO4S.C5H10/c1-12(10-18)22-15(11-19)16(17(2,3)4)13-6-8-14(9-7-13)23(5,20)21;1-5-3-2-4-5/h6-9,11-12H,10H2,1-5H3;5H,2-4H2,1H3/b16-15+;. The first-order valence-corrected chi connectivity index (χ1v) is 12.6. The van der Waals surface area contributed by atoms with Gasteiger partial charge in [0.1, 0.15) is 6.10 Å². The molecule has 1 aliphatic rings. The highest BCUT2D eigenvalue weighted by Crippen LogP contribution is 2.37. The normalized spacial score (nSPS) is 16.8. The maximum Gasteiger partial charge on any atom is 0.185 e. The van der Waals surface area contributed by atoms with Crippen molar-refractivity contribution < 1.29 is 17.9 Å². The summed E-state index contributed by atoms with van der Waals surface area (Å²) in [6.45, 7) is 10.1. The fourth-order valence-corrected chi connectivity index (χ4v) is 3.58. The van der Waals surface area contributed by atoms with Gasteiger partial charge in [0.25, 0.3) is 0 Å². The number of sulfone groups is 1. The van der Waals surface area contributed by atoms with E-state index in [9.17, 15) is 13.2 Å². The molecule has 0 spiro atoms. The van der Waals surface area contributed by atoms with Crippen LogP contribution in [0.3, 0.4) is 0 Å². The summed E-state index contributed by atoms with van der Waals surface area (Å²) < 4.78 is 28.9. The van der Waals surface area contributed by atoms with E-state index in [0.29, 0.717) is 11.6 Å². The van der Waals surface area contributed by atoms with Crippen LogP contribution in [0.4, 0.5) is 0 Å². The Bertz CT molecular complexity index is 770. The number of alkyl halides is 1. The highest BCUT2D eigenvalue weighted by Gasteiger charge is 2.25. The second kappa shape index (κ2) is 10.6. The molecule has 1 aromatic rings. The van der Waals surface area contributed by atoms with E-state index in [1.54, 1.807) is 24.3 Å². The number of allylic oxidation sites excluding steroid dienone is 2. The minimum absolute atomic E-state index is 0.150. The molecule has 0 heterocycles. The lowest BCUT2D eigenvalue weighted by molar-refractivity contribution is -0.108. The van der Waals surface area contributed by atoms with E-state index < -0.39 is 9.84 Å². The van der Waals surface area contributed by atoms with Crippen molar-refractivity contribution in [2.75, 3.05) is 11.6 Å². The number of carbonyl (C=O) groups is 1. The van der Waals surface area contributed by atoms with Crippen LogP contribution in [0.5, 0.6) is 0 Å². The van der Waals surface area contributed by atoms with Gasteiger partial charge in [-0.05, 0) is 36.0 Å². The Balaban J connectivity index is 0.000000674. The molecule has 0 amide bonds. The van der Waals surface area contributed by atoms with Gasteiger partial charge >= 0.3 is 0 Å². The average Bonchev–Trinajstić information content (AvgIpc) is 2.58. The fraction of sp³-hybridized carbons (Fsp3) is 0.591. The second-order valence-corrected chi connectivity index (χ2v) is 11.2. The Morgan fingerprint density at radius 1 is 1.25 bits per heavy atom. The third-order valence-electron chi connectivity index (χ3n) is 4.61. The predicted octanol–water partition coefficient (Wildman–Crippen LogP) is 5.65. The van der Waals surface area contributed by atoms with Gasteiger partial charge in [0.15, 0.2) is 21.9 Å². The maximum absolute atomic E-state index is 11.6. The van der Waals surface area contributed by atoms with Crippen LogP contribution in [-0.2, 0) is 19.4 Å². The first kappa shape index (κ1) is 24.9. The van der Waals surface area contributed by atoms with Gasteiger partial charge in [-0.15, -0.1) is 0 Å². The van der Waals surface area contributed by atoms with Crippen LogP contribution in [0, 0.1) is 11.3 Å². The third-order valence-corrected chi connectivity index (χ3v) is 6.65. The molecule has 0 N–H and O–H groups in total. The Morgan fingerprint density at radius 2 is 1.75 bits per heavy atom. The van der Waals surface area contributed by atoms with Gasteiger partial charge in [0, 0.05) is 17.2 Å². The SMILES string of the molecule is CC(CBr)O/C(C=O)=C(\c1ccc(S(C)(=O)=O)cc1)C(C)(C)C.CC1CCC1. The largest absolute Gasteiger partial charge is 0.486 e. The minimum atomic E-state index is -3.25. The van der Waals surface area contributed by atoms with Crippen molar-refractivity contribution >= 4 is 37.6 Å². The molecule has 1 aliphatic carbocycles. The van der Waals surface area contributed by atoms with Crippen LogP contribution in [0.1, 0.15) is 59.4 Å². The molecule has 2 rings (SSSR count). The molecule has 1 aromatic carbocycles. The van der Waals surface area contributed by atoms with E-state index in [0.717, 1.165) is 17.1 Å². The second-order valence-electron chi connectivity index (χ2n) is 8.52. The summed E-state index contributed by atoms with van der Waals surface area (Å²) in [6.07, 6.45) is 6.19. The monoisotopic (exact) mass is 472 g/mol. The topological polar surface area (TPSA) is 60.4 Å². The summed E-state index contributed by atoms with van der Waals surface area (Å²) in [4.78, 5) is 11.8. The fourth-order valence-electron chi connectivity index (χ4n) is 2.82. The number of rotatable bonds is 6.